The lowest BCUT2D eigenvalue weighted by molar-refractivity contribution is 0.628. The molecule has 0 amide bonds. The van der Waals surface area contributed by atoms with Gasteiger partial charge >= 0.3 is 0 Å². The average molecular weight is 246 g/mol. The molecule has 0 aliphatic heterocycles. The first-order valence-electron chi connectivity index (χ1n) is 5.08. The molecule has 2 aromatic carbocycles. The standard InChI is InChI=1S/C13H11FN2S/c14-9-5-7-10(8-6-9)16-12-4-2-1-3-11(12)13(15)17/h1-8,16H,(H2,15,17). The van der Waals surface area contributed by atoms with Gasteiger partial charge in [-0.2, -0.15) is 0 Å². The van der Waals surface area contributed by atoms with Crippen LogP contribution < -0.4 is 11.1 Å². The van der Waals surface area contributed by atoms with E-state index in [0.29, 0.717) is 4.99 Å². The van der Waals surface area contributed by atoms with E-state index in [9.17, 15) is 4.39 Å². The van der Waals surface area contributed by atoms with E-state index in [4.69, 9.17) is 18.0 Å². The highest BCUT2D eigenvalue weighted by atomic mass is 32.1. The highest BCUT2D eigenvalue weighted by Crippen LogP contribution is 2.20. The van der Waals surface area contributed by atoms with Crippen LogP contribution in [-0.2, 0) is 0 Å². The van der Waals surface area contributed by atoms with Crippen LogP contribution in [0.15, 0.2) is 48.5 Å². The summed E-state index contributed by atoms with van der Waals surface area (Å²) in [5.41, 5.74) is 7.99. The zero-order chi connectivity index (χ0) is 12.3. The quantitative estimate of drug-likeness (QED) is 0.817. The maximum atomic E-state index is 12.8. The minimum absolute atomic E-state index is 0.266. The Hall–Kier alpha value is -1.94. The Balaban J connectivity index is 2.30. The van der Waals surface area contributed by atoms with Crippen molar-refractivity contribution in [3.05, 3.63) is 59.9 Å². The minimum atomic E-state index is -0.266. The zero-order valence-corrected chi connectivity index (χ0v) is 9.80. The van der Waals surface area contributed by atoms with Gasteiger partial charge in [-0.15, -0.1) is 0 Å². The van der Waals surface area contributed by atoms with E-state index in [1.807, 2.05) is 24.3 Å². The van der Waals surface area contributed by atoms with Crippen molar-refractivity contribution in [3.8, 4) is 0 Å². The van der Waals surface area contributed by atoms with Gasteiger partial charge in [0.05, 0.1) is 0 Å². The second-order valence-electron chi connectivity index (χ2n) is 3.54. The van der Waals surface area contributed by atoms with Crippen LogP contribution in [0.5, 0.6) is 0 Å². The second-order valence-corrected chi connectivity index (χ2v) is 3.98. The monoisotopic (exact) mass is 246 g/mol. The van der Waals surface area contributed by atoms with E-state index in [0.717, 1.165) is 16.9 Å². The molecule has 0 aliphatic carbocycles. The molecule has 2 rings (SSSR count). The molecule has 0 saturated heterocycles. The third-order valence-corrected chi connectivity index (χ3v) is 2.54. The van der Waals surface area contributed by atoms with Crippen molar-refractivity contribution in [3.63, 3.8) is 0 Å². The number of nitrogens with two attached hydrogens (primary N) is 1. The molecule has 0 fully saturated rings. The fraction of sp³-hybridized carbons (Fsp3) is 0. The molecule has 86 valence electrons. The molecule has 17 heavy (non-hydrogen) atoms. The Morgan fingerprint density at radius 1 is 1.06 bits per heavy atom. The first-order valence-corrected chi connectivity index (χ1v) is 5.49. The van der Waals surface area contributed by atoms with Crippen LogP contribution in [0.1, 0.15) is 5.56 Å². The molecule has 0 saturated carbocycles. The predicted molar refractivity (Wildman–Crippen MR) is 72.0 cm³/mol. The van der Waals surface area contributed by atoms with Gasteiger partial charge in [0.15, 0.2) is 0 Å². The zero-order valence-electron chi connectivity index (χ0n) is 8.98. The first-order chi connectivity index (χ1) is 8.16. The van der Waals surface area contributed by atoms with Crippen LogP contribution in [-0.4, -0.2) is 4.99 Å². The van der Waals surface area contributed by atoms with Crippen molar-refractivity contribution in [2.24, 2.45) is 5.73 Å². The maximum Gasteiger partial charge on any atom is 0.123 e. The van der Waals surface area contributed by atoms with E-state index >= 15 is 0 Å². The summed E-state index contributed by atoms with van der Waals surface area (Å²) in [5.74, 6) is -0.266. The summed E-state index contributed by atoms with van der Waals surface area (Å²) in [6.07, 6.45) is 0. The fourth-order valence-electron chi connectivity index (χ4n) is 1.50. The largest absolute Gasteiger partial charge is 0.389 e. The van der Waals surface area contributed by atoms with Gasteiger partial charge in [0.2, 0.25) is 0 Å². The number of hydrogen-bond donors (Lipinski definition) is 2. The predicted octanol–water partition coefficient (Wildman–Crippen LogP) is 3.20. The van der Waals surface area contributed by atoms with E-state index in [1.54, 1.807) is 12.1 Å². The molecule has 0 aromatic heterocycles. The SMILES string of the molecule is NC(=S)c1ccccc1Nc1ccc(F)cc1. The Bertz CT molecular complexity index is 537. The van der Waals surface area contributed by atoms with Crippen LogP contribution in [0.4, 0.5) is 15.8 Å². The summed E-state index contributed by atoms with van der Waals surface area (Å²) in [6, 6.07) is 13.6. The number of halogens is 1. The van der Waals surface area contributed by atoms with Gasteiger partial charge in [-0.3, -0.25) is 0 Å². The fourth-order valence-corrected chi connectivity index (χ4v) is 1.67. The molecule has 0 radical (unpaired) electrons. The summed E-state index contributed by atoms with van der Waals surface area (Å²) in [7, 11) is 0. The van der Waals surface area contributed by atoms with Gasteiger partial charge in [-0.25, -0.2) is 4.39 Å². The third kappa shape index (κ3) is 2.79. The lowest BCUT2D eigenvalue weighted by Gasteiger charge is -2.10. The Morgan fingerprint density at radius 3 is 2.35 bits per heavy atom. The molecule has 0 bridgehead atoms. The number of thiocarbonyl (C=S) groups is 1. The van der Waals surface area contributed by atoms with Crippen LogP contribution >= 0.6 is 12.2 Å². The number of rotatable bonds is 3. The molecule has 0 spiro atoms. The van der Waals surface area contributed by atoms with Crippen LogP contribution in [0, 0.1) is 5.82 Å². The van der Waals surface area contributed by atoms with Gasteiger partial charge in [0.25, 0.3) is 0 Å². The topological polar surface area (TPSA) is 38.0 Å². The molecule has 4 heteroatoms. The molecule has 0 unspecified atom stereocenters. The van der Waals surface area contributed by atoms with Gasteiger partial charge < -0.3 is 11.1 Å². The first kappa shape index (κ1) is 11.5. The van der Waals surface area contributed by atoms with Crippen molar-refractivity contribution in [2.75, 3.05) is 5.32 Å². The Labute approximate surface area is 104 Å². The van der Waals surface area contributed by atoms with Crippen LogP contribution in [0.25, 0.3) is 0 Å². The van der Waals surface area contributed by atoms with Crippen molar-refractivity contribution < 1.29 is 4.39 Å². The lowest BCUT2D eigenvalue weighted by Crippen LogP contribution is -2.11. The molecule has 2 nitrogen and oxygen atoms in total. The third-order valence-electron chi connectivity index (χ3n) is 2.32. The van der Waals surface area contributed by atoms with Crippen LogP contribution in [0.2, 0.25) is 0 Å². The van der Waals surface area contributed by atoms with Gasteiger partial charge in [-0.05, 0) is 36.4 Å². The number of benzene rings is 2. The summed E-state index contributed by atoms with van der Waals surface area (Å²) in [4.78, 5) is 0.329. The van der Waals surface area contributed by atoms with Gasteiger partial charge in [-0.1, -0.05) is 24.4 Å². The number of nitrogens with one attached hydrogen (secondary N) is 1. The maximum absolute atomic E-state index is 12.8. The molecule has 0 aliphatic rings. The number of anilines is 2. The summed E-state index contributed by atoms with van der Waals surface area (Å²) in [5, 5.41) is 3.15. The second kappa shape index (κ2) is 4.93. The minimum Gasteiger partial charge on any atom is -0.389 e. The molecule has 3 N–H and O–H groups in total. The number of hydrogen-bond acceptors (Lipinski definition) is 2. The normalized spacial score (nSPS) is 9.94. The van der Waals surface area contributed by atoms with Crippen molar-refractivity contribution in [1.82, 2.24) is 0 Å². The van der Waals surface area contributed by atoms with Crippen LogP contribution in [0.3, 0.4) is 0 Å². The van der Waals surface area contributed by atoms with Gasteiger partial charge in [0.1, 0.15) is 10.8 Å². The van der Waals surface area contributed by atoms with Gasteiger partial charge in [0, 0.05) is 16.9 Å². The smallest absolute Gasteiger partial charge is 0.123 e. The van der Waals surface area contributed by atoms with Crippen molar-refractivity contribution in [1.29, 1.82) is 0 Å². The van der Waals surface area contributed by atoms with E-state index in [-0.39, 0.29) is 5.82 Å². The Morgan fingerprint density at radius 2 is 1.71 bits per heavy atom. The summed E-state index contributed by atoms with van der Waals surface area (Å²) >= 11 is 4.96. The molecule has 0 heterocycles. The summed E-state index contributed by atoms with van der Waals surface area (Å²) in [6.45, 7) is 0. The molecular weight excluding hydrogens is 235 g/mol. The van der Waals surface area contributed by atoms with Crippen molar-refractivity contribution >= 4 is 28.6 Å². The number of para-hydroxylation sites is 1. The van der Waals surface area contributed by atoms with Crippen molar-refractivity contribution in [2.45, 2.75) is 0 Å². The average Bonchev–Trinajstić information content (AvgIpc) is 2.32. The van der Waals surface area contributed by atoms with E-state index in [1.165, 1.54) is 12.1 Å². The highest BCUT2D eigenvalue weighted by Gasteiger charge is 2.04. The molecule has 2 aromatic rings. The van der Waals surface area contributed by atoms with E-state index in [2.05, 4.69) is 5.32 Å². The highest BCUT2D eigenvalue weighted by molar-refractivity contribution is 7.80. The Kier molecular flexibility index (Phi) is 3.35. The molecule has 0 atom stereocenters. The molecular formula is C13H11FN2S. The summed E-state index contributed by atoms with van der Waals surface area (Å²) < 4.78 is 12.8. The van der Waals surface area contributed by atoms with E-state index < -0.39 is 0 Å². The lowest BCUT2D eigenvalue weighted by atomic mass is 10.1.